The Kier molecular flexibility index (Phi) is 3.69. The van der Waals surface area contributed by atoms with E-state index in [0.29, 0.717) is 5.95 Å². The zero-order valence-electron chi connectivity index (χ0n) is 11.9. The third-order valence-corrected chi connectivity index (χ3v) is 2.55. The average molecular weight is 256 g/mol. The van der Waals surface area contributed by atoms with Crippen LogP contribution < -0.4 is 10.6 Å². The number of anilines is 3. The Morgan fingerprint density at radius 3 is 2.47 bits per heavy atom. The molecule has 0 amide bonds. The van der Waals surface area contributed by atoms with Crippen LogP contribution in [0.3, 0.4) is 0 Å². The summed E-state index contributed by atoms with van der Waals surface area (Å²) in [5.74, 6) is 1.42. The first kappa shape index (κ1) is 13.3. The summed E-state index contributed by atoms with van der Waals surface area (Å²) < 4.78 is 0. The molecule has 19 heavy (non-hydrogen) atoms. The summed E-state index contributed by atoms with van der Waals surface area (Å²) in [5, 5.41) is 6.57. The van der Waals surface area contributed by atoms with Crippen molar-refractivity contribution in [3.8, 4) is 0 Å². The zero-order valence-corrected chi connectivity index (χ0v) is 11.9. The van der Waals surface area contributed by atoms with Crippen molar-refractivity contribution in [2.45, 2.75) is 33.2 Å². The normalized spacial score (nSPS) is 11.2. The molecule has 0 bridgehead atoms. The summed E-state index contributed by atoms with van der Waals surface area (Å²) in [4.78, 5) is 8.70. The topological polar surface area (TPSA) is 49.8 Å². The van der Waals surface area contributed by atoms with Gasteiger partial charge in [-0.1, -0.05) is 18.2 Å². The van der Waals surface area contributed by atoms with E-state index in [1.807, 2.05) is 24.3 Å². The number of hydrogen-bond donors (Lipinski definition) is 2. The number of aromatic nitrogens is 2. The van der Waals surface area contributed by atoms with Gasteiger partial charge in [0.05, 0.1) is 0 Å². The van der Waals surface area contributed by atoms with Crippen LogP contribution in [-0.4, -0.2) is 15.5 Å². The van der Waals surface area contributed by atoms with Gasteiger partial charge in [0.15, 0.2) is 0 Å². The average Bonchev–Trinajstić information content (AvgIpc) is 2.30. The highest BCUT2D eigenvalue weighted by Crippen LogP contribution is 2.19. The molecule has 1 heterocycles. The molecule has 0 unspecified atom stereocenters. The minimum atomic E-state index is -0.0196. The second-order valence-electron chi connectivity index (χ2n) is 5.58. The molecule has 0 spiro atoms. The van der Waals surface area contributed by atoms with Gasteiger partial charge in [0.25, 0.3) is 0 Å². The third kappa shape index (κ3) is 3.95. The second-order valence-corrected chi connectivity index (χ2v) is 5.58. The number of para-hydroxylation sites is 1. The van der Waals surface area contributed by atoms with E-state index < -0.39 is 0 Å². The van der Waals surface area contributed by atoms with E-state index in [1.165, 1.54) is 5.56 Å². The Balaban J connectivity index is 2.18. The molecule has 0 aliphatic heterocycles. The van der Waals surface area contributed by atoms with E-state index >= 15 is 0 Å². The SMILES string of the molecule is Cc1ccccc1Nc1nccc(NC(C)(C)C)n1. The molecular formula is C15H20N4. The first-order valence-corrected chi connectivity index (χ1v) is 6.38. The second kappa shape index (κ2) is 5.26. The summed E-state index contributed by atoms with van der Waals surface area (Å²) in [5.41, 5.74) is 2.17. The molecule has 2 rings (SSSR count). The van der Waals surface area contributed by atoms with Crippen LogP contribution in [0.2, 0.25) is 0 Å². The molecule has 0 atom stereocenters. The van der Waals surface area contributed by atoms with E-state index in [2.05, 4.69) is 54.4 Å². The Morgan fingerprint density at radius 2 is 1.79 bits per heavy atom. The van der Waals surface area contributed by atoms with Crippen LogP contribution in [-0.2, 0) is 0 Å². The first-order valence-electron chi connectivity index (χ1n) is 6.38. The zero-order chi connectivity index (χ0) is 13.9. The van der Waals surface area contributed by atoms with Crippen molar-refractivity contribution in [3.63, 3.8) is 0 Å². The van der Waals surface area contributed by atoms with Crippen molar-refractivity contribution >= 4 is 17.5 Å². The number of benzene rings is 1. The molecule has 0 radical (unpaired) electrons. The van der Waals surface area contributed by atoms with Crippen LogP contribution in [0.4, 0.5) is 17.5 Å². The Labute approximate surface area is 114 Å². The van der Waals surface area contributed by atoms with Crippen molar-refractivity contribution in [1.82, 2.24) is 9.97 Å². The van der Waals surface area contributed by atoms with Gasteiger partial charge in [0, 0.05) is 17.4 Å². The number of hydrogen-bond acceptors (Lipinski definition) is 4. The molecule has 1 aromatic carbocycles. The van der Waals surface area contributed by atoms with Crippen molar-refractivity contribution in [2.24, 2.45) is 0 Å². The Hall–Kier alpha value is -2.10. The van der Waals surface area contributed by atoms with Gasteiger partial charge in [-0.15, -0.1) is 0 Å². The smallest absolute Gasteiger partial charge is 0.229 e. The van der Waals surface area contributed by atoms with E-state index in [1.54, 1.807) is 6.20 Å². The number of aryl methyl sites for hydroxylation is 1. The summed E-state index contributed by atoms with van der Waals surface area (Å²) in [6.45, 7) is 8.36. The van der Waals surface area contributed by atoms with E-state index in [9.17, 15) is 0 Å². The predicted molar refractivity (Wildman–Crippen MR) is 79.9 cm³/mol. The van der Waals surface area contributed by atoms with E-state index in [4.69, 9.17) is 0 Å². The first-order chi connectivity index (χ1) is 8.94. The summed E-state index contributed by atoms with van der Waals surface area (Å²) >= 11 is 0. The van der Waals surface area contributed by atoms with Crippen LogP contribution in [0.15, 0.2) is 36.5 Å². The molecule has 4 heteroatoms. The molecule has 0 fully saturated rings. The largest absolute Gasteiger partial charge is 0.365 e. The lowest BCUT2D eigenvalue weighted by atomic mass is 10.1. The lowest BCUT2D eigenvalue weighted by Crippen LogP contribution is -2.26. The maximum atomic E-state index is 4.46. The number of nitrogens with zero attached hydrogens (tertiary/aromatic N) is 2. The number of nitrogens with one attached hydrogen (secondary N) is 2. The Bertz CT molecular complexity index is 558. The van der Waals surface area contributed by atoms with Crippen molar-refractivity contribution in [1.29, 1.82) is 0 Å². The Morgan fingerprint density at radius 1 is 1.05 bits per heavy atom. The van der Waals surface area contributed by atoms with Gasteiger partial charge >= 0.3 is 0 Å². The summed E-state index contributed by atoms with van der Waals surface area (Å²) in [6.07, 6.45) is 1.75. The van der Waals surface area contributed by atoms with Gasteiger partial charge < -0.3 is 10.6 Å². The minimum Gasteiger partial charge on any atom is -0.365 e. The summed E-state index contributed by atoms with van der Waals surface area (Å²) in [6, 6.07) is 9.95. The van der Waals surface area contributed by atoms with Crippen molar-refractivity contribution < 1.29 is 0 Å². The predicted octanol–water partition coefficient (Wildman–Crippen LogP) is 3.74. The molecule has 0 aliphatic carbocycles. The minimum absolute atomic E-state index is 0.0196. The molecule has 1 aromatic heterocycles. The number of rotatable bonds is 3. The van der Waals surface area contributed by atoms with Gasteiger partial charge in [-0.2, -0.15) is 4.98 Å². The standard InChI is InChI=1S/C15H20N4/c1-11-7-5-6-8-12(11)17-14-16-10-9-13(18-14)19-15(2,3)4/h5-10H,1-4H3,(H2,16,17,18,19). The van der Waals surface area contributed by atoms with Gasteiger partial charge in [0.2, 0.25) is 5.95 Å². The fourth-order valence-electron chi connectivity index (χ4n) is 1.71. The van der Waals surface area contributed by atoms with Gasteiger partial charge in [-0.05, 0) is 45.4 Å². The van der Waals surface area contributed by atoms with Crippen molar-refractivity contribution in [2.75, 3.05) is 10.6 Å². The van der Waals surface area contributed by atoms with Gasteiger partial charge in [0.1, 0.15) is 5.82 Å². The highest BCUT2D eigenvalue weighted by atomic mass is 15.2. The van der Waals surface area contributed by atoms with Crippen LogP contribution in [0.25, 0.3) is 0 Å². The van der Waals surface area contributed by atoms with E-state index in [0.717, 1.165) is 11.5 Å². The van der Waals surface area contributed by atoms with Crippen LogP contribution >= 0.6 is 0 Å². The van der Waals surface area contributed by atoms with Crippen LogP contribution in [0.5, 0.6) is 0 Å². The lowest BCUT2D eigenvalue weighted by Gasteiger charge is -2.21. The highest BCUT2D eigenvalue weighted by Gasteiger charge is 2.10. The molecule has 0 saturated carbocycles. The van der Waals surface area contributed by atoms with Gasteiger partial charge in [-0.3, -0.25) is 0 Å². The fourth-order valence-corrected chi connectivity index (χ4v) is 1.71. The monoisotopic (exact) mass is 256 g/mol. The van der Waals surface area contributed by atoms with Crippen LogP contribution in [0, 0.1) is 6.92 Å². The molecular weight excluding hydrogens is 236 g/mol. The molecule has 2 aromatic rings. The fraction of sp³-hybridized carbons (Fsp3) is 0.333. The van der Waals surface area contributed by atoms with E-state index in [-0.39, 0.29) is 5.54 Å². The quantitative estimate of drug-likeness (QED) is 0.878. The lowest BCUT2D eigenvalue weighted by molar-refractivity contribution is 0.630. The van der Waals surface area contributed by atoms with Gasteiger partial charge in [-0.25, -0.2) is 4.98 Å². The van der Waals surface area contributed by atoms with Crippen molar-refractivity contribution in [3.05, 3.63) is 42.1 Å². The maximum absolute atomic E-state index is 4.46. The molecule has 2 N–H and O–H groups in total. The summed E-state index contributed by atoms with van der Waals surface area (Å²) in [7, 11) is 0. The van der Waals surface area contributed by atoms with Crippen LogP contribution in [0.1, 0.15) is 26.3 Å². The molecule has 0 aliphatic rings. The third-order valence-electron chi connectivity index (χ3n) is 2.55. The molecule has 4 nitrogen and oxygen atoms in total. The highest BCUT2D eigenvalue weighted by molar-refractivity contribution is 5.58. The molecule has 0 saturated heterocycles. The molecule has 100 valence electrons. The maximum Gasteiger partial charge on any atom is 0.229 e.